The monoisotopic (exact) mass is 378 g/mol. The van der Waals surface area contributed by atoms with Crippen molar-refractivity contribution in [3.8, 4) is 0 Å². The Bertz CT molecular complexity index is 1040. The van der Waals surface area contributed by atoms with E-state index in [1.165, 1.54) is 35.5 Å². The third-order valence-electron chi connectivity index (χ3n) is 5.91. The topological polar surface area (TPSA) is 80.3 Å². The summed E-state index contributed by atoms with van der Waals surface area (Å²) in [7, 11) is 1.35. The summed E-state index contributed by atoms with van der Waals surface area (Å²) >= 11 is 0. The zero-order chi connectivity index (χ0) is 19.1. The smallest absolute Gasteiger partial charge is 0.358 e. The van der Waals surface area contributed by atoms with Gasteiger partial charge in [-0.1, -0.05) is 18.2 Å². The van der Waals surface area contributed by atoms with Crippen molar-refractivity contribution in [2.24, 2.45) is 0 Å². The van der Waals surface area contributed by atoms with Crippen molar-refractivity contribution in [3.05, 3.63) is 53.6 Å². The summed E-state index contributed by atoms with van der Waals surface area (Å²) in [6, 6.07) is 8.47. The number of carbonyl (C=O) groups excluding carboxylic acids is 1. The molecule has 3 aromatic rings. The number of aromatic nitrogens is 3. The van der Waals surface area contributed by atoms with Gasteiger partial charge in [0.15, 0.2) is 5.69 Å². The molecule has 5 rings (SSSR count). The molecule has 1 aromatic carbocycles. The number of anilines is 1. The second-order valence-electron chi connectivity index (χ2n) is 7.36. The highest BCUT2D eigenvalue weighted by molar-refractivity contribution is 5.87. The Balaban J connectivity index is 1.42. The Labute approximate surface area is 162 Å². The molecule has 0 atom stereocenters. The molecule has 1 spiro atoms. The van der Waals surface area contributed by atoms with Gasteiger partial charge in [-0.15, -0.1) is 0 Å². The Morgan fingerprint density at radius 2 is 2.07 bits per heavy atom. The average molecular weight is 378 g/mol. The Morgan fingerprint density at radius 1 is 1.25 bits per heavy atom. The van der Waals surface area contributed by atoms with Crippen molar-refractivity contribution in [1.29, 1.82) is 0 Å². The first-order valence-electron chi connectivity index (χ1n) is 9.59. The number of methoxy groups -OCH3 is 1. The second-order valence-corrected chi connectivity index (χ2v) is 7.36. The Hall–Kier alpha value is -2.93. The molecule has 1 fully saturated rings. The standard InChI is InChI=1S/C21H22N4O3/c1-27-20(26)17-12-22-13-18(23-17)25-9-7-21(8-10-25)19-15(6-11-28-21)14-4-2-3-5-16(14)24-19/h2-5,12-13,24H,6-11H2,1H3. The number of H-pyrrole nitrogens is 1. The molecule has 2 aromatic heterocycles. The third-order valence-corrected chi connectivity index (χ3v) is 5.91. The van der Waals surface area contributed by atoms with Gasteiger partial charge in [0.1, 0.15) is 11.4 Å². The summed E-state index contributed by atoms with van der Waals surface area (Å²) in [6.07, 6.45) is 5.79. The van der Waals surface area contributed by atoms with E-state index in [2.05, 4.69) is 44.1 Å². The van der Waals surface area contributed by atoms with E-state index in [0.29, 0.717) is 5.82 Å². The van der Waals surface area contributed by atoms with Gasteiger partial charge in [-0.25, -0.2) is 9.78 Å². The number of nitrogens with one attached hydrogen (secondary N) is 1. The highest BCUT2D eigenvalue weighted by Gasteiger charge is 2.43. The molecule has 2 aliphatic rings. The number of esters is 1. The van der Waals surface area contributed by atoms with E-state index >= 15 is 0 Å². The predicted octanol–water partition coefficient (Wildman–Crippen LogP) is 2.81. The molecule has 7 heteroatoms. The molecule has 28 heavy (non-hydrogen) atoms. The molecule has 0 radical (unpaired) electrons. The third kappa shape index (κ3) is 2.65. The maximum atomic E-state index is 11.7. The van der Waals surface area contributed by atoms with Crippen molar-refractivity contribution in [1.82, 2.24) is 15.0 Å². The first kappa shape index (κ1) is 17.2. The fraction of sp³-hybridized carbons (Fsp3) is 0.381. The average Bonchev–Trinajstić information content (AvgIpc) is 3.14. The SMILES string of the molecule is COC(=O)c1cncc(N2CCC3(CC2)OCCc2c3[nH]c3ccccc23)n1. The van der Waals surface area contributed by atoms with Crippen LogP contribution in [0.5, 0.6) is 0 Å². The second kappa shape index (κ2) is 6.60. The maximum absolute atomic E-state index is 11.7. The molecule has 0 saturated carbocycles. The van der Waals surface area contributed by atoms with E-state index in [-0.39, 0.29) is 11.3 Å². The summed E-state index contributed by atoms with van der Waals surface area (Å²) < 4.78 is 11.1. The van der Waals surface area contributed by atoms with Crippen molar-refractivity contribution >= 4 is 22.7 Å². The van der Waals surface area contributed by atoms with Crippen molar-refractivity contribution in [2.75, 3.05) is 31.7 Å². The van der Waals surface area contributed by atoms with Crippen molar-refractivity contribution in [3.63, 3.8) is 0 Å². The lowest BCUT2D eigenvalue weighted by Gasteiger charge is -2.44. The fourth-order valence-electron chi connectivity index (χ4n) is 4.47. The molecule has 0 amide bonds. The largest absolute Gasteiger partial charge is 0.464 e. The van der Waals surface area contributed by atoms with Gasteiger partial charge in [0.05, 0.1) is 31.8 Å². The Morgan fingerprint density at radius 3 is 2.89 bits per heavy atom. The van der Waals surface area contributed by atoms with Crippen LogP contribution in [0.2, 0.25) is 0 Å². The molecule has 1 N–H and O–H groups in total. The molecule has 1 saturated heterocycles. The van der Waals surface area contributed by atoms with Gasteiger partial charge in [-0.2, -0.15) is 0 Å². The first-order chi connectivity index (χ1) is 13.7. The van der Waals surface area contributed by atoms with Crippen molar-refractivity contribution < 1.29 is 14.3 Å². The fourth-order valence-corrected chi connectivity index (χ4v) is 4.47. The van der Waals surface area contributed by atoms with E-state index < -0.39 is 5.97 Å². The zero-order valence-electron chi connectivity index (χ0n) is 15.8. The number of piperidine rings is 1. The van der Waals surface area contributed by atoms with Gasteiger partial charge in [0, 0.05) is 24.0 Å². The number of benzene rings is 1. The van der Waals surface area contributed by atoms with E-state index in [1.807, 2.05) is 0 Å². The summed E-state index contributed by atoms with van der Waals surface area (Å²) in [5, 5.41) is 1.30. The minimum absolute atomic E-state index is 0.229. The first-order valence-corrected chi connectivity index (χ1v) is 9.59. The van der Waals surface area contributed by atoms with E-state index in [0.717, 1.165) is 39.0 Å². The van der Waals surface area contributed by atoms with Gasteiger partial charge < -0.3 is 19.4 Å². The normalized spacial score (nSPS) is 18.2. The molecule has 0 aliphatic carbocycles. The van der Waals surface area contributed by atoms with Crippen LogP contribution in [0.3, 0.4) is 0 Å². The minimum Gasteiger partial charge on any atom is -0.464 e. The highest BCUT2D eigenvalue weighted by atomic mass is 16.5. The predicted molar refractivity (Wildman–Crippen MR) is 104 cm³/mol. The lowest BCUT2D eigenvalue weighted by molar-refractivity contribution is -0.0791. The molecule has 7 nitrogen and oxygen atoms in total. The number of hydrogen-bond donors (Lipinski definition) is 1. The molecule has 0 unspecified atom stereocenters. The number of aromatic amines is 1. The highest BCUT2D eigenvalue weighted by Crippen LogP contribution is 2.43. The van der Waals surface area contributed by atoms with E-state index in [9.17, 15) is 4.79 Å². The van der Waals surface area contributed by atoms with Crippen LogP contribution in [0, 0.1) is 0 Å². The number of fused-ring (bicyclic) bond motifs is 4. The van der Waals surface area contributed by atoms with Crippen LogP contribution in [0.15, 0.2) is 36.7 Å². The van der Waals surface area contributed by atoms with Crippen LogP contribution >= 0.6 is 0 Å². The molecule has 0 bridgehead atoms. The number of nitrogens with zero attached hydrogens (tertiary/aromatic N) is 3. The summed E-state index contributed by atoms with van der Waals surface area (Å²) in [5.74, 6) is 0.228. The number of ether oxygens (including phenoxy) is 2. The number of carbonyl (C=O) groups is 1. The van der Waals surface area contributed by atoms with Crippen LogP contribution < -0.4 is 4.90 Å². The van der Waals surface area contributed by atoms with Gasteiger partial charge >= 0.3 is 5.97 Å². The van der Waals surface area contributed by atoms with Crippen LogP contribution in [-0.4, -0.2) is 47.7 Å². The molecule has 144 valence electrons. The van der Waals surface area contributed by atoms with Crippen LogP contribution in [0.25, 0.3) is 10.9 Å². The maximum Gasteiger partial charge on any atom is 0.358 e. The van der Waals surface area contributed by atoms with Crippen LogP contribution in [0.1, 0.15) is 34.6 Å². The number of rotatable bonds is 2. The molecule has 2 aliphatic heterocycles. The zero-order valence-corrected chi connectivity index (χ0v) is 15.8. The van der Waals surface area contributed by atoms with Crippen LogP contribution in [-0.2, 0) is 21.5 Å². The molecule has 4 heterocycles. The number of para-hydroxylation sites is 1. The quantitative estimate of drug-likeness (QED) is 0.691. The summed E-state index contributed by atoms with van der Waals surface area (Å²) in [5.41, 5.74) is 3.75. The molecular weight excluding hydrogens is 356 g/mol. The van der Waals surface area contributed by atoms with E-state index in [1.54, 1.807) is 6.20 Å². The van der Waals surface area contributed by atoms with Gasteiger partial charge in [0.25, 0.3) is 0 Å². The van der Waals surface area contributed by atoms with Gasteiger partial charge in [0.2, 0.25) is 0 Å². The number of hydrogen-bond acceptors (Lipinski definition) is 6. The van der Waals surface area contributed by atoms with Gasteiger partial charge in [-0.05, 0) is 30.9 Å². The van der Waals surface area contributed by atoms with Gasteiger partial charge in [-0.3, -0.25) is 4.98 Å². The van der Waals surface area contributed by atoms with E-state index in [4.69, 9.17) is 9.47 Å². The minimum atomic E-state index is -0.471. The molecular formula is C21H22N4O3. The summed E-state index contributed by atoms with van der Waals surface area (Å²) in [6.45, 7) is 2.31. The summed E-state index contributed by atoms with van der Waals surface area (Å²) in [4.78, 5) is 26.1. The van der Waals surface area contributed by atoms with Crippen molar-refractivity contribution in [2.45, 2.75) is 24.9 Å². The lowest BCUT2D eigenvalue weighted by atomic mass is 9.83. The lowest BCUT2D eigenvalue weighted by Crippen LogP contribution is -2.47. The Kier molecular flexibility index (Phi) is 4.05. The van der Waals surface area contributed by atoms with Crippen LogP contribution in [0.4, 0.5) is 5.82 Å².